The summed E-state index contributed by atoms with van der Waals surface area (Å²) in [6.45, 7) is 20.4. The average molecular weight is 396 g/mol. The van der Waals surface area contributed by atoms with Crippen molar-refractivity contribution in [3.05, 3.63) is 23.9 Å². The lowest BCUT2D eigenvalue weighted by Gasteiger charge is -2.41. The Kier molecular flexibility index (Phi) is 10.5. The number of hydrogen-bond acceptors (Lipinski definition) is 5. The van der Waals surface area contributed by atoms with E-state index in [1.165, 1.54) is 0 Å². The van der Waals surface area contributed by atoms with Gasteiger partial charge in [-0.25, -0.2) is 4.79 Å². The van der Waals surface area contributed by atoms with Crippen molar-refractivity contribution < 1.29 is 14.3 Å². The molecular formula is C22H41N3O3. The van der Waals surface area contributed by atoms with Crippen molar-refractivity contribution in [2.45, 2.75) is 73.5 Å². The fraction of sp³-hybridized carbons (Fsp3) is 0.727. The molecule has 2 N–H and O–H groups in total. The van der Waals surface area contributed by atoms with Gasteiger partial charge in [0, 0.05) is 24.4 Å². The average Bonchev–Trinajstić information content (AvgIpc) is 2.60. The Hall–Kier alpha value is -1.82. The molecule has 0 saturated heterocycles. The van der Waals surface area contributed by atoms with E-state index in [0.29, 0.717) is 12.2 Å². The van der Waals surface area contributed by atoms with E-state index in [0.717, 1.165) is 5.70 Å². The zero-order chi connectivity index (χ0) is 22.2. The predicted molar refractivity (Wildman–Crippen MR) is 116 cm³/mol. The molecule has 3 unspecified atom stereocenters. The van der Waals surface area contributed by atoms with Crippen LogP contribution in [0.25, 0.3) is 0 Å². The highest BCUT2D eigenvalue weighted by Gasteiger charge is 2.33. The molecule has 1 amide bonds. The summed E-state index contributed by atoms with van der Waals surface area (Å²) in [6.07, 6.45) is 1.92. The molecule has 0 rings (SSSR count). The number of hydrogen-bond donors (Lipinski definition) is 2. The zero-order valence-electron chi connectivity index (χ0n) is 19.5. The summed E-state index contributed by atoms with van der Waals surface area (Å²) in [5, 5.41) is 6.09. The number of likely N-dealkylation sites (N-methyl/N-ethyl adjacent to an activating group) is 2. The second-order valence-corrected chi connectivity index (χ2v) is 8.72. The third kappa shape index (κ3) is 7.66. The topological polar surface area (TPSA) is 70.7 Å². The van der Waals surface area contributed by atoms with Crippen LogP contribution < -0.4 is 10.6 Å². The van der Waals surface area contributed by atoms with Crippen molar-refractivity contribution in [1.82, 2.24) is 15.5 Å². The maximum Gasteiger partial charge on any atom is 0.333 e. The van der Waals surface area contributed by atoms with E-state index in [9.17, 15) is 9.59 Å². The lowest BCUT2D eigenvalue weighted by Crippen LogP contribution is -2.53. The van der Waals surface area contributed by atoms with Crippen molar-refractivity contribution in [3.8, 4) is 0 Å². The van der Waals surface area contributed by atoms with Gasteiger partial charge in [-0.2, -0.15) is 0 Å². The third-order valence-corrected chi connectivity index (χ3v) is 4.91. The maximum atomic E-state index is 12.5. The molecular weight excluding hydrogens is 354 g/mol. The number of carbonyl (C=O) groups is 2. The first-order chi connectivity index (χ1) is 12.8. The number of nitrogens with zero attached hydrogens (tertiary/aromatic N) is 1. The van der Waals surface area contributed by atoms with Gasteiger partial charge in [0.1, 0.15) is 0 Å². The van der Waals surface area contributed by atoms with Crippen LogP contribution in [0, 0.1) is 11.3 Å². The monoisotopic (exact) mass is 395 g/mol. The fourth-order valence-corrected chi connectivity index (χ4v) is 2.91. The molecule has 3 atom stereocenters. The third-order valence-electron chi connectivity index (χ3n) is 4.91. The molecule has 0 aliphatic rings. The Labute approximate surface area is 171 Å². The minimum Gasteiger partial charge on any atom is -0.463 e. The van der Waals surface area contributed by atoms with Crippen LogP contribution in [0.15, 0.2) is 23.9 Å². The first-order valence-corrected chi connectivity index (χ1v) is 10.0. The lowest BCUT2D eigenvalue weighted by molar-refractivity contribution is -0.138. The molecule has 28 heavy (non-hydrogen) atoms. The van der Waals surface area contributed by atoms with Gasteiger partial charge in [0.05, 0.1) is 18.7 Å². The molecule has 0 spiro atoms. The quantitative estimate of drug-likeness (QED) is 0.439. The van der Waals surface area contributed by atoms with Gasteiger partial charge < -0.3 is 20.3 Å². The summed E-state index contributed by atoms with van der Waals surface area (Å²) >= 11 is 0. The molecule has 0 heterocycles. The normalized spacial score (nSPS) is 15.6. The van der Waals surface area contributed by atoms with Gasteiger partial charge in [0.2, 0.25) is 5.91 Å². The Morgan fingerprint density at radius 2 is 1.75 bits per heavy atom. The van der Waals surface area contributed by atoms with E-state index >= 15 is 0 Å². The summed E-state index contributed by atoms with van der Waals surface area (Å²) in [6, 6.07) is -0.603. The molecule has 0 aromatic heterocycles. The first kappa shape index (κ1) is 26.2. The molecule has 0 aliphatic heterocycles. The first-order valence-electron chi connectivity index (χ1n) is 10.0. The van der Waals surface area contributed by atoms with Crippen molar-refractivity contribution >= 4 is 11.9 Å². The van der Waals surface area contributed by atoms with Crippen molar-refractivity contribution in [3.63, 3.8) is 0 Å². The van der Waals surface area contributed by atoms with E-state index in [4.69, 9.17) is 4.74 Å². The van der Waals surface area contributed by atoms with Gasteiger partial charge in [0.15, 0.2) is 0 Å². The second-order valence-electron chi connectivity index (χ2n) is 8.72. The zero-order valence-corrected chi connectivity index (χ0v) is 19.5. The Morgan fingerprint density at radius 1 is 1.21 bits per heavy atom. The smallest absolute Gasteiger partial charge is 0.333 e. The molecule has 6 nitrogen and oxygen atoms in total. The van der Waals surface area contributed by atoms with E-state index in [2.05, 4.69) is 51.8 Å². The highest BCUT2D eigenvalue weighted by Crippen LogP contribution is 2.28. The van der Waals surface area contributed by atoms with Crippen LogP contribution >= 0.6 is 0 Å². The van der Waals surface area contributed by atoms with E-state index in [1.54, 1.807) is 20.9 Å². The molecule has 0 aromatic carbocycles. The molecule has 0 radical (unpaired) electrons. The van der Waals surface area contributed by atoms with E-state index in [-0.39, 0.29) is 41.3 Å². The van der Waals surface area contributed by atoms with Gasteiger partial charge in [-0.1, -0.05) is 47.3 Å². The lowest BCUT2D eigenvalue weighted by atomic mass is 9.83. The molecule has 0 aromatic rings. The summed E-state index contributed by atoms with van der Waals surface area (Å²) in [5.41, 5.74) is 1.15. The van der Waals surface area contributed by atoms with Gasteiger partial charge in [-0.3, -0.25) is 4.79 Å². The number of ether oxygens (including phenoxy) is 1. The summed E-state index contributed by atoms with van der Waals surface area (Å²) in [5.74, 6) is -0.148. The second kappa shape index (κ2) is 11.2. The molecule has 0 aliphatic carbocycles. The van der Waals surface area contributed by atoms with Gasteiger partial charge >= 0.3 is 5.97 Å². The van der Waals surface area contributed by atoms with Crippen LogP contribution in [0.1, 0.15) is 55.4 Å². The van der Waals surface area contributed by atoms with E-state index < -0.39 is 0 Å². The minimum atomic E-state index is -0.310. The fourth-order valence-electron chi connectivity index (χ4n) is 2.91. The highest BCUT2D eigenvalue weighted by molar-refractivity contribution is 5.87. The number of rotatable bonds is 10. The van der Waals surface area contributed by atoms with Gasteiger partial charge in [-0.15, -0.1) is 0 Å². The number of esters is 1. The number of carbonyl (C=O) groups excluding carboxylic acids is 2. The van der Waals surface area contributed by atoms with Crippen LogP contribution in [-0.4, -0.2) is 55.6 Å². The molecule has 0 saturated carbocycles. The van der Waals surface area contributed by atoms with Crippen LogP contribution in [0.4, 0.5) is 0 Å². The predicted octanol–water partition coefficient (Wildman–Crippen LogP) is 3.10. The Balaban J connectivity index is 5.72. The Bertz CT molecular complexity index is 576. The van der Waals surface area contributed by atoms with Crippen LogP contribution in [-0.2, 0) is 14.3 Å². The number of amides is 1. The van der Waals surface area contributed by atoms with Crippen molar-refractivity contribution in [1.29, 1.82) is 0 Å². The van der Waals surface area contributed by atoms with Crippen LogP contribution in [0.2, 0.25) is 0 Å². The van der Waals surface area contributed by atoms with Crippen LogP contribution in [0.3, 0.4) is 0 Å². The minimum absolute atomic E-state index is 0.0552. The molecule has 0 fully saturated rings. The van der Waals surface area contributed by atoms with Crippen molar-refractivity contribution in [2.75, 3.05) is 20.7 Å². The highest BCUT2D eigenvalue weighted by atomic mass is 16.5. The maximum absolute atomic E-state index is 12.5. The molecule has 6 heteroatoms. The van der Waals surface area contributed by atoms with E-state index in [1.807, 2.05) is 24.9 Å². The SMILES string of the molecule is C=C(C(NC(=O)C(C)NC)C(C)(C)C)N(C)C(/C=C(\C)C(=O)OCC)C(C)C. The summed E-state index contributed by atoms with van der Waals surface area (Å²) < 4.78 is 5.11. The molecule has 162 valence electrons. The summed E-state index contributed by atoms with van der Waals surface area (Å²) in [7, 11) is 3.71. The standard InChI is InChI=1S/C22H41N3O3/c1-12-28-21(27)15(4)13-18(14(2)3)25(11)17(6)19(22(7,8)9)24-20(26)16(5)23-10/h13-14,16,18-19,23H,6,12H2,1-5,7-11H3,(H,24,26)/b15-13+. The number of nitrogens with one attached hydrogen (secondary N) is 2. The van der Waals surface area contributed by atoms with Gasteiger partial charge in [0.25, 0.3) is 0 Å². The summed E-state index contributed by atoms with van der Waals surface area (Å²) in [4.78, 5) is 26.6. The van der Waals surface area contributed by atoms with Crippen molar-refractivity contribution in [2.24, 2.45) is 11.3 Å². The van der Waals surface area contributed by atoms with Crippen LogP contribution in [0.5, 0.6) is 0 Å². The largest absolute Gasteiger partial charge is 0.463 e. The Morgan fingerprint density at radius 3 is 2.14 bits per heavy atom. The van der Waals surface area contributed by atoms with Gasteiger partial charge in [-0.05, 0) is 39.2 Å². The molecule has 0 bridgehead atoms.